The summed E-state index contributed by atoms with van der Waals surface area (Å²) < 4.78 is 18.6. The van der Waals surface area contributed by atoms with Gasteiger partial charge in [0.15, 0.2) is 5.82 Å². The van der Waals surface area contributed by atoms with E-state index in [1.54, 1.807) is 20.8 Å². The maximum atomic E-state index is 13.8. The van der Waals surface area contributed by atoms with Crippen LogP contribution in [0.5, 0.6) is 0 Å². The Morgan fingerprint density at radius 1 is 1.37 bits per heavy atom. The Bertz CT molecular complexity index is 525. The van der Waals surface area contributed by atoms with Gasteiger partial charge < -0.3 is 9.84 Å². The first-order chi connectivity index (χ1) is 8.61. The van der Waals surface area contributed by atoms with E-state index in [2.05, 4.69) is 21.2 Å². The zero-order valence-corrected chi connectivity index (χ0v) is 12.2. The number of aromatic carboxylic acids is 1. The van der Waals surface area contributed by atoms with Gasteiger partial charge in [-0.05, 0) is 48.8 Å². The molecule has 7 heteroatoms. The van der Waals surface area contributed by atoms with Crippen molar-refractivity contribution < 1.29 is 23.8 Å². The van der Waals surface area contributed by atoms with E-state index < -0.39 is 23.5 Å². The molecule has 1 rings (SSSR count). The van der Waals surface area contributed by atoms with E-state index in [4.69, 9.17) is 9.84 Å². The van der Waals surface area contributed by atoms with Crippen molar-refractivity contribution in [2.24, 2.45) is 0 Å². The van der Waals surface area contributed by atoms with E-state index in [-0.39, 0.29) is 15.7 Å². The minimum atomic E-state index is -1.27. The van der Waals surface area contributed by atoms with Gasteiger partial charge >= 0.3 is 12.1 Å². The third-order valence-electron chi connectivity index (χ3n) is 1.95. The number of rotatable bonds is 2. The maximum Gasteiger partial charge on any atom is 0.412 e. The Balaban J connectivity index is 2.95. The third-order valence-corrected chi connectivity index (χ3v) is 2.72. The zero-order valence-electron chi connectivity index (χ0n) is 10.6. The molecular formula is C12H13BrFNO4. The van der Waals surface area contributed by atoms with Gasteiger partial charge in [-0.15, -0.1) is 0 Å². The molecular weight excluding hydrogens is 321 g/mol. The number of carbonyl (C=O) groups excluding carboxylic acids is 1. The Morgan fingerprint density at radius 3 is 2.42 bits per heavy atom. The Morgan fingerprint density at radius 2 is 1.95 bits per heavy atom. The van der Waals surface area contributed by atoms with Crippen molar-refractivity contribution in [1.82, 2.24) is 0 Å². The van der Waals surface area contributed by atoms with Crippen molar-refractivity contribution in [3.63, 3.8) is 0 Å². The van der Waals surface area contributed by atoms with Crippen molar-refractivity contribution >= 4 is 33.7 Å². The van der Waals surface area contributed by atoms with E-state index >= 15 is 0 Å². The third kappa shape index (κ3) is 4.20. The molecule has 2 N–H and O–H groups in total. The average molecular weight is 334 g/mol. The Labute approximate surface area is 117 Å². The number of amides is 1. The number of ether oxygens (including phenoxy) is 1. The summed E-state index contributed by atoms with van der Waals surface area (Å²) in [6.07, 6.45) is -0.818. The first-order valence-electron chi connectivity index (χ1n) is 5.33. The number of carboxylic acids is 1. The van der Waals surface area contributed by atoms with Crippen LogP contribution in [0.2, 0.25) is 0 Å². The van der Waals surface area contributed by atoms with Crippen LogP contribution in [0, 0.1) is 5.82 Å². The number of carbonyl (C=O) groups is 2. The second kappa shape index (κ2) is 5.56. The second-order valence-electron chi connectivity index (χ2n) is 4.72. The molecule has 0 aliphatic carbocycles. The van der Waals surface area contributed by atoms with Gasteiger partial charge in [0.2, 0.25) is 0 Å². The standard InChI is InChI=1S/C12H13BrFNO4/c1-12(2,3)19-11(18)15-7-5-4-6(10(16)17)8(13)9(7)14/h4-5H,1-3H3,(H,15,18)(H,16,17). The van der Waals surface area contributed by atoms with Gasteiger partial charge in [-0.3, -0.25) is 5.32 Å². The molecule has 0 aromatic heterocycles. The molecule has 0 aliphatic heterocycles. The summed E-state index contributed by atoms with van der Waals surface area (Å²) in [6.45, 7) is 5.02. The highest BCUT2D eigenvalue weighted by molar-refractivity contribution is 9.10. The van der Waals surface area contributed by atoms with Crippen LogP contribution in [0.3, 0.4) is 0 Å². The van der Waals surface area contributed by atoms with Crippen molar-refractivity contribution in [3.8, 4) is 0 Å². The van der Waals surface area contributed by atoms with Crippen molar-refractivity contribution in [1.29, 1.82) is 0 Å². The van der Waals surface area contributed by atoms with E-state index in [1.807, 2.05) is 0 Å². The molecule has 0 spiro atoms. The smallest absolute Gasteiger partial charge is 0.412 e. The highest BCUT2D eigenvalue weighted by Gasteiger charge is 2.20. The molecule has 0 atom stereocenters. The SMILES string of the molecule is CC(C)(C)OC(=O)Nc1ccc(C(=O)O)c(Br)c1F. The number of hydrogen-bond donors (Lipinski definition) is 2. The number of benzene rings is 1. The number of nitrogens with one attached hydrogen (secondary N) is 1. The summed E-state index contributed by atoms with van der Waals surface area (Å²) in [7, 11) is 0. The molecule has 0 saturated heterocycles. The van der Waals surface area contributed by atoms with E-state index in [0.717, 1.165) is 6.07 Å². The van der Waals surface area contributed by atoms with Crippen LogP contribution in [-0.2, 0) is 4.74 Å². The minimum Gasteiger partial charge on any atom is -0.478 e. The largest absolute Gasteiger partial charge is 0.478 e. The molecule has 0 unspecified atom stereocenters. The average Bonchev–Trinajstić information content (AvgIpc) is 2.21. The van der Waals surface area contributed by atoms with Gasteiger partial charge in [0.25, 0.3) is 0 Å². The molecule has 0 radical (unpaired) electrons. The predicted molar refractivity (Wildman–Crippen MR) is 70.9 cm³/mol. The summed E-state index contributed by atoms with van der Waals surface area (Å²) in [6, 6.07) is 2.34. The van der Waals surface area contributed by atoms with Crippen LogP contribution in [0.1, 0.15) is 31.1 Å². The summed E-state index contributed by atoms with van der Waals surface area (Å²) in [5.41, 5.74) is -1.10. The molecule has 19 heavy (non-hydrogen) atoms. The number of hydrogen-bond acceptors (Lipinski definition) is 3. The quantitative estimate of drug-likeness (QED) is 0.866. The Kier molecular flexibility index (Phi) is 4.52. The van der Waals surface area contributed by atoms with Gasteiger partial charge in [-0.25, -0.2) is 14.0 Å². The lowest BCUT2D eigenvalue weighted by atomic mass is 10.2. The zero-order chi connectivity index (χ0) is 14.8. The van der Waals surface area contributed by atoms with Crippen LogP contribution in [0.4, 0.5) is 14.9 Å². The van der Waals surface area contributed by atoms with Crippen LogP contribution < -0.4 is 5.32 Å². The number of halogens is 2. The van der Waals surface area contributed by atoms with Crippen LogP contribution in [0.15, 0.2) is 16.6 Å². The van der Waals surface area contributed by atoms with Crippen molar-refractivity contribution in [2.45, 2.75) is 26.4 Å². The van der Waals surface area contributed by atoms with Crippen LogP contribution in [-0.4, -0.2) is 22.8 Å². The Hall–Kier alpha value is -1.63. The van der Waals surface area contributed by atoms with Gasteiger partial charge in [-0.2, -0.15) is 0 Å². The normalized spacial score (nSPS) is 11.0. The summed E-state index contributed by atoms with van der Waals surface area (Å²) >= 11 is 2.84. The molecule has 0 aliphatic rings. The fourth-order valence-corrected chi connectivity index (χ4v) is 1.74. The van der Waals surface area contributed by atoms with Gasteiger partial charge in [-0.1, -0.05) is 0 Å². The number of anilines is 1. The molecule has 0 fully saturated rings. The highest BCUT2D eigenvalue weighted by atomic mass is 79.9. The lowest BCUT2D eigenvalue weighted by Gasteiger charge is -2.20. The first-order valence-corrected chi connectivity index (χ1v) is 6.12. The molecule has 0 bridgehead atoms. The van der Waals surface area contributed by atoms with Crippen molar-refractivity contribution in [2.75, 3.05) is 5.32 Å². The molecule has 0 saturated carbocycles. The van der Waals surface area contributed by atoms with E-state index in [9.17, 15) is 14.0 Å². The van der Waals surface area contributed by atoms with E-state index in [1.165, 1.54) is 6.07 Å². The van der Waals surface area contributed by atoms with Gasteiger partial charge in [0, 0.05) is 0 Å². The molecule has 5 nitrogen and oxygen atoms in total. The fourth-order valence-electron chi connectivity index (χ4n) is 1.22. The minimum absolute atomic E-state index is 0.161. The van der Waals surface area contributed by atoms with Crippen molar-refractivity contribution in [3.05, 3.63) is 28.0 Å². The summed E-state index contributed by atoms with van der Waals surface area (Å²) in [4.78, 5) is 22.3. The molecule has 1 aromatic rings. The molecule has 1 amide bonds. The van der Waals surface area contributed by atoms with E-state index in [0.29, 0.717) is 0 Å². The predicted octanol–water partition coefficient (Wildman–Crippen LogP) is 3.63. The first kappa shape index (κ1) is 15.4. The van der Waals surface area contributed by atoms with Crippen LogP contribution in [0.25, 0.3) is 0 Å². The molecule has 0 heterocycles. The van der Waals surface area contributed by atoms with Gasteiger partial charge in [0.1, 0.15) is 5.60 Å². The molecule has 1 aromatic carbocycles. The fraction of sp³-hybridized carbons (Fsp3) is 0.333. The number of carboxylic acid groups (broad SMARTS) is 1. The maximum absolute atomic E-state index is 13.8. The van der Waals surface area contributed by atoms with Gasteiger partial charge in [0.05, 0.1) is 15.7 Å². The topological polar surface area (TPSA) is 75.6 Å². The summed E-state index contributed by atoms with van der Waals surface area (Å²) in [5, 5.41) is 11.0. The monoisotopic (exact) mass is 333 g/mol. The highest BCUT2D eigenvalue weighted by Crippen LogP contribution is 2.27. The van der Waals surface area contributed by atoms with Crippen LogP contribution >= 0.6 is 15.9 Å². The molecule has 104 valence electrons. The lowest BCUT2D eigenvalue weighted by Crippen LogP contribution is -2.27. The second-order valence-corrected chi connectivity index (χ2v) is 5.51. The lowest BCUT2D eigenvalue weighted by molar-refractivity contribution is 0.0634. The summed E-state index contributed by atoms with van der Waals surface area (Å²) in [5.74, 6) is -2.14.